The van der Waals surface area contributed by atoms with Crippen molar-refractivity contribution in [3.63, 3.8) is 0 Å². The number of aliphatic hydroxyl groups excluding tert-OH is 1. The first-order chi connectivity index (χ1) is 13.4. The van der Waals surface area contributed by atoms with Crippen LogP contribution in [0.25, 0.3) is 0 Å². The van der Waals surface area contributed by atoms with E-state index < -0.39 is 21.9 Å². The molecule has 0 aromatic heterocycles. The molecule has 9 heteroatoms. The minimum atomic E-state index is -3.71. The van der Waals surface area contributed by atoms with Gasteiger partial charge in [0.05, 0.1) is 23.6 Å². The number of hydrogen-bond donors (Lipinski definition) is 3. The van der Waals surface area contributed by atoms with E-state index in [2.05, 4.69) is 10.0 Å². The van der Waals surface area contributed by atoms with E-state index in [4.69, 9.17) is 4.74 Å². The molecule has 1 amide bonds. The van der Waals surface area contributed by atoms with Crippen molar-refractivity contribution < 1.29 is 27.4 Å². The number of halogens is 1. The first-order valence-electron chi connectivity index (χ1n) is 9.68. The monoisotopic (exact) mass is 414 g/mol. The lowest BCUT2D eigenvalue weighted by molar-refractivity contribution is -0.128. The van der Waals surface area contributed by atoms with Crippen molar-refractivity contribution in [1.29, 1.82) is 0 Å². The van der Waals surface area contributed by atoms with E-state index in [1.54, 1.807) is 0 Å². The molecule has 2 aliphatic rings. The Hall–Kier alpha value is -1.55. The summed E-state index contributed by atoms with van der Waals surface area (Å²) in [6.07, 6.45) is 3.84. The maximum absolute atomic E-state index is 12.9. The predicted octanol–water partition coefficient (Wildman–Crippen LogP) is 1.32. The SMILES string of the molecule is O=C(CC1CC1)N[C@@H]1CC[C@H](CCNS(=O)(=O)c2ccc(F)cc2)O[C@@H]1CO. The van der Waals surface area contributed by atoms with Crippen molar-refractivity contribution >= 4 is 15.9 Å². The Labute approximate surface area is 164 Å². The standard InChI is InChI=1S/C19H27FN2O5S/c20-14-3-6-16(7-4-14)28(25,26)21-10-9-15-5-8-17(18(12-23)27-15)22-19(24)11-13-1-2-13/h3-4,6-7,13,15,17-18,21,23H,1-2,5,8-12H2,(H,22,24)/t15-,17-,18-/m1/s1. The van der Waals surface area contributed by atoms with Crippen LogP contribution in [0.4, 0.5) is 4.39 Å². The molecular formula is C19H27FN2O5S. The summed E-state index contributed by atoms with van der Waals surface area (Å²) >= 11 is 0. The second-order valence-electron chi connectivity index (χ2n) is 7.52. The summed E-state index contributed by atoms with van der Waals surface area (Å²) in [5.41, 5.74) is 0. The number of hydrogen-bond acceptors (Lipinski definition) is 5. The minimum Gasteiger partial charge on any atom is -0.394 e. The third-order valence-electron chi connectivity index (χ3n) is 5.20. The van der Waals surface area contributed by atoms with Gasteiger partial charge in [0.1, 0.15) is 11.9 Å². The summed E-state index contributed by atoms with van der Waals surface area (Å²) in [6, 6.07) is 4.41. The van der Waals surface area contributed by atoms with Crippen molar-refractivity contribution in [2.45, 2.75) is 61.7 Å². The highest BCUT2D eigenvalue weighted by Crippen LogP contribution is 2.32. The maximum Gasteiger partial charge on any atom is 0.240 e. The molecule has 1 aliphatic carbocycles. The Kier molecular flexibility index (Phi) is 7.03. The molecule has 1 aromatic carbocycles. The molecule has 1 aromatic rings. The average molecular weight is 414 g/mol. The molecule has 0 spiro atoms. The predicted molar refractivity (Wildman–Crippen MR) is 100 cm³/mol. The number of carbonyl (C=O) groups is 1. The van der Waals surface area contributed by atoms with Crippen LogP contribution in [-0.4, -0.2) is 50.8 Å². The van der Waals surface area contributed by atoms with Crippen molar-refractivity contribution in [2.24, 2.45) is 5.92 Å². The zero-order valence-electron chi connectivity index (χ0n) is 15.6. The minimum absolute atomic E-state index is 0.0000536. The van der Waals surface area contributed by atoms with Crippen LogP contribution in [-0.2, 0) is 19.6 Å². The van der Waals surface area contributed by atoms with E-state index in [9.17, 15) is 22.7 Å². The van der Waals surface area contributed by atoms with Gasteiger partial charge in [-0.05, 0) is 62.3 Å². The molecule has 2 fully saturated rings. The average Bonchev–Trinajstić information content (AvgIpc) is 3.47. The Balaban J connectivity index is 1.44. The van der Waals surface area contributed by atoms with Gasteiger partial charge in [-0.1, -0.05) is 0 Å². The molecule has 7 nitrogen and oxygen atoms in total. The topological polar surface area (TPSA) is 105 Å². The Morgan fingerprint density at radius 2 is 1.89 bits per heavy atom. The van der Waals surface area contributed by atoms with E-state index >= 15 is 0 Å². The number of sulfonamides is 1. The molecular weight excluding hydrogens is 387 g/mol. The van der Waals surface area contributed by atoms with E-state index in [1.807, 2.05) is 0 Å². The van der Waals surface area contributed by atoms with Gasteiger partial charge in [-0.2, -0.15) is 0 Å². The van der Waals surface area contributed by atoms with Crippen molar-refractivity contribution in [3.8, 4) is 0 Å². The molecule has 0 radical (unpaired) electrons. The van der Waals surface area contributed by atoms with Gasteiger partial charge in [0.25, 0.3) is 0 Å². The fourth-order valence-electron chi connectivity index (χ4n) is 3.41. The number of aliphatic hydroxyl groups is 1. The summed E-state index contributed by atoms with van der Waals surface area (Å²) < 4.78 is 45.7. The Morgan fingerprint density at radius 1 is 1.18 bits per heavy atom. The van der Waals surface area contributed by atoms with E-state index in [-0.39, 0.29) is 36.1 Å². The van der Waals surface area contributed by atoms with Gasteiger partial charge >= 0.3 is 0 Å². The van der Waals surface area contributed by atoms with Gasteiger partial charge in [-0.15, -0.1) is 0 Å². The van der Waals surface area contributed by atoms with Crippen LogP contribution in [0.2, 0.25) is 0 Å². The first-order valence-corrected chi connectivity index (χ1v) is 11.2. The third kappa shape index (κ3) is 5.97. The molecule has 1 heterocycles. The molecule has 3 N–H and O–H groups in total. The van der Waals surface area contributed by atoms with Gasteiger partial charge < -0.3 is 15.2 Å². The molecule has 1 saturated heterocycles. The number of carbonyl (C=O) groups excluding carboxylic acids is 1. The molecule has 1 saturated carbocycles. The largest absolute Gasteiger partial charge is 0.394 e. The van der Waals surface area contributed by atoms with Gasteiger partial charge in [-0.3, -0.25) is 4.79 Å². The quantitative estimate of drug-likeness (QED) is 0.565. The normalized spacial score (nSPS) is 25.4. The Bertz CT molecular complexity index is 767. The van der Waals surface area contributed by atoms with E-state index in [0.29, 0.717) is 31.6 Å². The molecule has 3 rings (SSSR count). The van der Waals surface area contributed by atoms with Crippen molar-refractivity contribution in [1.82, 2.24) is 10.0 Å². The number of benzene rings is 1. The van der Waals surface area contributed by atoms with Gasteiger partial charge in [0.15, 0.2) is 0 Å². The van der Waals surface area contributed by atoms with Crippen LogP contribution in [0.3, 0.4) is 0 Å². The highest BCUT2D eigenvalue weighted by molar-refractivity contribution is 7.89. The second-order valence-corrected chi connectivity index (χ2v) is 9.29. The van der Waals surface area contributed by atoms with Crippen LogP contribution in [0.5, 0.6) is 0 Å². The lowest BCUT2D eigenvalue weighted by Gasteiger charge is -2.36. The van der Waals surface area contributed by atoms with Crippen molar-refractivity contribution in [2.75, 3.05) is 13.2 Å². The van der Waals surface area contributed by atoms with Gasteiger partial charge in [0.2, 0.25) is 15.9 Å². The number of amides is 1. The van der Waals surface area contributed by atoms with Crippen LogP contribution in [0.15, 0.2) is 29.2 Å². The highest BCUT2D eigenvalue weighted by atomic mass is 32.2. The summed E-state index contributed by atoms with van der Waals surface area (Å²) in [5, 5.41) is 12.5. The molecule has 1 aliphatic heterocycles. The smallest absolute Gasteiger partial charge is 0.240 e. The summed E-state index contributed by atoms with van der Waals surface area (Å²) in [4.78, 5) is 12.0. The lowest BCUT2D eigenvalue weighted by atomic mass is 9.97. The van der Waals surface area contributed by atoms with Crippen LogP contribution >= 0.6 is 0 Å². The van der Waals surface area contributed by atoms with Crippen LogP contribution in [0, 0.1) is 11.7 Å². The van der Waals surface area contributed by atoms with Crippen LogP contribution < -0.4 is 10.0 Å². The zero-order chi connectivity index (χ0) is 20.1. The van der Waals surface area contributed by atoms with Gasteiger partial charge in [-0.25, -0.2) is 17.5 Å². The van der Waals surface area contributed by atoms with Crippen molar-refractivity contribution in [3.05, 3.63) is 30.1 Å². The fourth-order valence-corrected chi connectivity index (χ4v) is 4.46. The van der Waals surface area contributed by atoms with E-state index in [1.165, 1.54) is 12.1 Å². The highest BCUT2D eigenvalue weighted by Gasteiger charge is 2.33. The summed E-state index contributed by atoms with van der Waals surface area (Å²) in [5.74, 6) is 0.00222. The summed E-state index contributed by atoms with van der Waals surface area (Å²) in [6.45, 7) is -0.0343. The maximum atomic E-state index is 12.9. The first kappa shape index (κ1) is 21.2. The fraction of sp³-hybridized carbons (Fsp3) is 0.632. The molecule has 0 bridgehead atoms. The third-order valence-corrected chi connectivity index (χ3v) is 6.67. The van der Waals surface area contributed by atoms with Gasteiger partial charge in [0, 0.05) is 13.0 Å². The number of nitrogens with one attached hydrogen (secondary N) is 2. The molecule has 156 valence electrons. The second kappa shape index (κ2) is 9.30. The molecule has 3 atom stereocenters. The summed E-state index contributed by atoms with van der Waals surface area (Å²) in [7, 11) is -3.71. The lowest BCUT2D eigenvalue weighted by Crippen LogP contribution is -2.51. The zero-order valence-corrected chi connectivity index (χ0v) is 16.5. The number of rotatable bonds is 9. The Morgan fingerprint density at radius 3 is 2.54 bits per heavy atom. The molecule has 0 unspecified atom stereocenters. The van der Waals surface area contributed by atoms with Crippen LogP contribution in [0.1, 0.15) is 38.5 Å². The molecule has 28 heavy (non-hydrogen) atoms. The number of ether oxygens (including phenoxy) is 1. The van der Waals surface area contributed by atoms with E-state index in [0.717, 1.165) is 25.0 Å².